The van der Waals surface area contributed by atoms with E-state index in [9.17, 15) is 9.59 Å². The van der Waals surface area contributed by atoms with E-state index in [2.05, 4.69) is 24.5 Å². The van der Waals surface area contributed by atoms with Crippen LogP contribution in [0.15, 0.2) is 23.0 Å². The van der Waals surface area contributed by atoms with E-state index in [4.69, 9.17) is 4.74 Å². The highest BCUT2D eigenvalue weighted by Gasteiger charge is 2.59. The average molecular weight is 347 g/mol. The molecule has 1 saturated carbocycles. The van der Waals surface area contributed by atoms with E-state index < -0.39 is 0 Å². The number of hydrogen-bond acceptors (Lipinski definition) is 3. The number of carbonyl (C=O) groups excluding carboxylic acids is 1. The van der Waals surface area contributed by atoms with Crippen molar-refractivity contribution in [3.05, 3.63) is 34.2 Å². The third-order valence-corrected chi connectivity index (χ3v) is 5.75. The Bertz CT molecular complexity index is 683. The number of urea groups is 1. The number of ether oxygens (including phenoxy) is 1. The summed E-state index contributed by atoms with van der Waals surface area (Å²) >= 11 is 0. The van der Waals surface area contributed by atoms with Gasteiger partial charge in [-0.3, -0.25) is 4.79 Å². The number of amides is 2. The summed E-state index contributed by atoms with van der Waals surface area (Å²) in [6, 6.07) is 5.39. The Labute approximate surface area is 148 Å². The molecular weight excluding hydrogens is 318 g/mol. The van der Waals surface area contributed by atoms with Gasteiger partial charge in [-0.05, 0) is 32.3 Å². The summed E-state index contributed by atoms with van der Waals surface area (Å²) in [5.74, 6) is 0.452. The summed E-state index contributed by atoms with van der Waals surface area (Å²) in [5, 5.41) is 6.06. The molecule has 2 amide bonds. The second-order valence-corrected chi connectivity index (χ2v) is 7.81. The number of aryl methyl sites for hydroxylation is 1. The summed E-state index contributed by atoms with van der Waals surface area (Å²) in [7, 11) is 0. The number of fused-ring (bicyclic) bond motifs is 1. The molecule has 2 heterocycles. The van der Waals surface area contributed by atoms with Crippen LogP contribution in [0.1, 0.15) is 38.8 Å². The first-order chi connectivity index (χ1) is 11.9. The largest absolute Gasteiger partial charge is 0.377 e. The van der Waals surface area contributed by atoms with Gasteiger partial charge in [0.2, 0.25) is 0 Å². The second kappa shape index (κ2) is 7.20. The Morgan fingerprint density at radius 1 is 1.36 bits per heavy atom. The molecule has 6 nitrogen and oxygen atoms in total. The molecule has 0 radical (unpaired) electrons. The van der Waals surface area contributed by atoms with Crippen LogP contribution < -0.4 is 16.2 Å². The Balaban J connectivity index is 1.37. The van der Waals surface area contributed by atoms with Gasteiger partial charge >= 0.3 is 6.03 Å². The zero-order valence-corrected chi connectivity index (χ0v) is 15.4. The molecule has 1 aliphatic heterocycles. The number of unbranched alkanes of at least 4 members (excludes halogenated alkanes) is 1. The summed E-state index contributed by atoms with van der Waals surface area (Å²) in [6.45, 7) is 8.36. The van der Waals surface area contributed by atoms with E-state index in [1.54, 1.807) is 16.7 Å². The van der Waals surface area contributed by atoms with Crippen molar-refractivity contribution in [3.8, 4) is 0 Å². The van der Waals surface area contributed by atoms with Gasteiger partial charge in [0.15, 0.2) is 0 Å². The highest BCUT2D eigenvalue weighted by Crippen LogP contribution is 2.51. The van der Waals surface area contributed by atoms with Crippen LogP contribution in [0.25, 0.3) is 0 Å². The van der Waals surface area contributed by atoms with Crippen LogP contribution in [0, 0.1) is 18.3 Å². The van der Waals surface area contributed by atoms with Gasteiger partial charge in [0, 0.05) is 48.8 Å². The minimum absolute atomic E-state index is 0.00447. The summed E-state index contributed by atoms with van der Waals surface area (Å²) < 4.78 is 7.53. The zero-order valence-electron chi connectivity index (χ0n) is 15.4. The fourth-order valence-electron chi connectivity index (χ4n) is 4.32. The standard InChI is InChI=1S/C19H29N3O3/c1-13-7-6-8-15(23)22(13)11-5-4-10-20-18(24)21-16-14-9-12-25-17(14)19(16,2)3/h6-8,14,16-17H,4-5,9-12H2,1-3H3,(H2,20,21,24). The lowest BCUT2D eigenvalue weighted by Crippen LogP contribution is -2.67. The highest BCUT2D eigenvalue weighted by atomic mass is 16.5. The number of carbonyl (C=O) groups is 1. The number of aromatic nitrogens is 1. The Kier molecular flexibility index (Phi) is 5.18. The highest BCUT2D eigenvalue weighted by molar-refractivity contribution is 5.74. The Morgan fingerprint density at radius 3 is 2.92 bits per heavy atom. The molecule has 1 saturated heterocycles. The first-order valence-corrected chi connectivity index (χ1v) is 9.23. The molecule has 2 N–H and O–H groups in total. The molecular formula is C19H29N3O3. The first-order valence-electron chi connectivity index (χ1n) is 9.23. The maximum absolute atomic E-state index is 12.1. The van der Waals surface area contributed by atoms with Crippen molar-refractivity contribution in [1.29, 1.82) is 0 Å². The molecule has 3 atom stereocenters. The molecule has 25 heavy (non-hydrogen) atoms. The van der Waals surface area contributed by atoms with E-state index in [1.807, 2.05) is 13.0 Å². The normalized spacial score (nSPS) is 26.6. The van der Waals surface area contributed by atoms with Gasteiger partial charge in [-0.1, -0.05) is 19.9 Å². The monoisotopic (exact) mass is 347 g/mol. The van der Waals surface area contributed by atoms with Crippen molar-refractivity contribution < 1.29 is 9.53 Å². The lowest BCUT2D eigenvalue weighted by Gasteiger charge is -2.54. The third-order valence-electron chi connectivity index (χ3n) is 5.75. The van der Waals surface area contributed by atoms with Gasteiger partial charge in [-0.25, -0.2) is 4.79 Å². The SMILES string of the molecule is Cc1cccc(=O)n1CCCCNC(=O)NC1C2CCOC2C1(C)C. The van der Waals surface area contributed by atoms with Gasteiger partial charge in [0.05, 0.1) is 6.10 Å². The topological polar surface area (TPSA) is 72.4 Å². The average Bonchev–Trinajstić information content (AvgIpc) is 3.02. The molecule has 2 aliphatic rings. The quantitative estimate of drug-likeness (QED) is 0.774. The van der Waals surface area contributed by atoms with Crippen molar-refractivity contribution in [2.75, 3.05) is 13.2 Å². The minimum Gasteiger partial charge on any atom is -0.377 e. The van der Waals surface area contributed by atoms with E-state index in [1.165, 1.54) is 0 Å². The minimum atomic E-state index is -0.100. The van der Waals surface area contributed by atoms with E-state index in [0.717, 1.165) is 31.6 Å². The first kappa shape index (κ1) is 18.0. The van der Waals surface area contributed by atoms with Crippen LogP contribution >= 0.6 is 0 Å². The van der Waals surface area contributed by atoms with Gasteiger partial charge in [-0.15, -0.1) is 0 Å². The molecule has 1 aromatic heterocycles. The van der Waals surface area contributed by atoms with Crippen LogP contribution in [0.2, 0.25) is 0 Å². The van der Waals surface area contributed by atoms with Crippen LogP contribution in [0.5, 0.6) is 0 Å². The molecule has 138 valence electrons. The number of nitrogens with zero attached hydrogens (tertiary/aromatic N) is 1. The van der Waals surface area contributed by atoms with E-state index in [-0.39, 0.29) is 29.2 Å². The van der Waals surface area contributed by atoms with Crippen LogP contribution in [0.3, 0.4) is 0 Å². The molecule has 3 unspecified atom stereocenters. The maximum atomic E-state index is 12.1. The van der Waals surface area contributed by atoms with Crippen LogP contribution in [-0.2, 0) is 11.3 Å². The Morgan fingerprint density at radius 2 is 2.16 bits per heavy atom. The van der Waals surface area contributed by atoms with Crippen molar-refractivity contribution in [1.82, 2.24) is 15.2 Å². The summed E-state index contributed by atoms with van der Waals surface area (Å²) in [4.78, 5) is 23.9. The summed E-state index contributed by atoms with van der Waals surface area (Å²) in [5.41, 5.74) is 1.01. The van der Waals surface area contributed by atoms with Crippen molar-refractivity contribution in [2.24, 2.45) is 11.3 Å². The molecule has 0 spiro atoms. The molecule has 0 aromatic carbocycles. The molecule has 1 aliphatic carbocycles. The lowest BCUT2D eigenvalue weighted by molar-refractivity contribution is -0.108. The van der Waals surface area contributed by atoms with Crippen LogP contribution in [0.4, 0.5) is 4.79 Å². The number of pyridine rings is 1. The van der Waals surface area contributed by atoms with Gasteiger partial charge < -0.3 is 19.9 Å². The summed E-state index contributed by atoms with van der Waals surface area (Å²) in [6.07, 6.45) is 3.02. The van der Waals surface area contributed by atoms with E-state index >= 15 is 0 Å². The molecule has 0 bridgehead atoms. The number of hydrogen-bond donors (Lipinski definition) is 2. The lowest BCUT2D eigenvalue weighted by atomic mass is 9.57. The second-order valence-electron chi connectivity index (χ2n) is 7.81. The molecule has 2 fully saturated rings. The number of nitrogens with one attached hydrogen (secondary N) is 2. The molecule has 1 aromatic rings. The van der Waals surface area contributed by atoms with Gasteiger partial charge in [-0.2, -0.15) is 0 Å². The van der Waals surface area contributed by atoms with Gasteiger partial charge in [0.1, 0.15) is 0 Å². The predicted molar refractivity (Wildman–Crippen MR) is 96.6 cm³/mol. The maximum Gasteiger partial charge on any atom is 0.315 e. The smallest absolute Gasteiger partial charge is 0.315 e. The fourth-order valence-corrected chi connectivity index (χ4v) is 4.32. The Hall–Kier alpha value is -1.82. The molecule has 3 rings (SSSR count). The van der Waals surface area contributed by atoms with Crippen molar-refractivity contribution in [3.63, 3.8) is 0 Å². The van der Waals surface area contributed by atoms with Gasteiger partial charge in [0.25, 0.3) is 5.56 Å². The third kappa shape index (κ3) is 3.59. The fraction of sp³-hybridized carbons (Fsp3) is 0.684. The van der Waals surface area contributed by atoms with E-state index in [0.29, 0.717) is 19.0 Å². The van der Waals surface area contributed by atoms with Crippen molar-refractivity contribution >= 4 is 6.03 Å². The zero-order chi connectivity index (χ0) is 18.0. The van der Waals surface area contributed by atoms with Crippen molar-refractivity contribution in [2.45, 2.75) is 58.7 Å². The molecule has 6 heteroatoms. The predicted octanol–water partition coefficient (Wildman–Crippen LogP) is 2.05. The van der Waals surface area contributed by atoms with Crippen LogP contribution in [-0.4, -0.2) is 35.9 Å². The number of rotatable bonds is 6.